The molecular formula is C10H11FN4. The SMILES string of the molecule is Cn1ncnc1C(N)c1ccccc1F. The largest absolute Gasteiger partial charge is 0.318 e. The average molecular weight is 206 g/mol. The summed E-state index contributed by atoms with van der Waals surface area (Å²) >= 11 is 0. The minimum atomic E-state index is -0.585. The van der Waals surface area contributed by atoms with Crippen molar-refractivity contribution in [2.24, 2.45) is 12.8 Å². The molecule has 2 rings (SSSR count). The van der Waals surface area contributed by atoms with E-state index in [-0.39, 0.29) is 5.82 Å². The third kappa shape index (κ3) is 1.73. The molecule has 0 saturated heterocycles. The van der Waals surface area contributed by atoms with E-state index >= 15 is 0 Å². The molecule has 0 amide bonds. The second-order valence-electron chi connectivity index (χ2n) is 3.24. The third-order valence-corrected chi connectivity index (χ3v) is 2.26. The summed E-state index contributed by atoms with van der Waals surface area (Å²) < 4.78 is 15.0. The molecule has 0 aliphatic carbocycles. The van der Waals surface area contributed by atoms with Crippen LogP contribution >= 0.6 is 0 Å². The van der Waals surface area contributed by atoms with Crippen molar-refractivity contribution < 1.29 is 4.39 Å². The molecule has 0 fully saturated rings. The molecule has 0 spiro atoms. The molecule has 0 bridgehead atoms. The molecule has 2 aromatic rings. The van der Waals surface area contributed by atoms with Crippen LogP contribution < -0.4 is 5.73 Å². The molecule has 1 heterocycles. The third-order valence-electron chi connectivity index (χ3n) is 2.26. The van der Waals surface area contributed by atoms with Crippen molar-refractivity contribution in [2.45, 2.75) is 6.04 Å². The van der Waals surface area contributed by atoms with Crippen molar-refractivity contribution >= 4 is 0 Å². The summed E-state index contributed by atoms with van der Waals surface area (Å²) in [6.07, 6.45) is 1.40. The van der Waals surface area contributed by atoms with Gasteiger partial charge in [0.2, 0.25) is 0 Å². The van der Waals surface area contributed by atoms with Gasteiger partial charge in [-0.3, -0.25) is 4.68 Å². The monoisotopic (exact) mass is 206 g/mol. The Hall–Kier alpha value is -1.75. The number of hydrogen-bond donors (Lipinski definition) is 1. The molecule has 0 radical (unpaired) electrons. The van der Waals surface area contributed by atoms with E-state index in [1.165, 1.54) is 17.1 Å². The van der Waals surface area contributed by atoms with E-state index in [2.05, 4.69) is 10.1 Å². The molecule has 1 aromatic carbocycles. The van der Waals surface area contributed by atoms with Gasteiger partial charge in [-0.1, -0.05) is 18.2 Å². The van der Waals surface area contributed by atoms with Crippen LogP contribution in [0.2, 0.25) is 0 Å². The van der Waals surface area contributed by atoms with Gasteiger partial charge >= 0.3 is 0 Å². The zero-order chi connectivity index (χ0) is 10.8. The normalized spacial score (nSPS) is 12.7. The highest BCUT2D eigenvalue weighted by molar-refractivity contribution is 5.25. The Morgan fingerprint density at radius 1 is 1.40 bits per heavy atom. The fourth-order valence-corrected chi connectivity index (χ4v) is 1.45. The van der Waals surface area contributed by atoms with Crippen molar-refractivity contribution in [3.05, 3.63) is 47.8 Å². The Labute approximate surface area is 86.6 Å². The molecular weight excluding hydrogens is 195 g/mol. The quantitative estimate of drug-likeness (QED) is 0.797. The smallest absolute Gasteiger partial charge is 0.148 e. The van der Waals surface area contributed by atoms with Gasteiger partial charge in [0.25, 0.3) is 0 Å². The van der Waals surface area contributed by atoms with Crippen LogP contribution in [-0.4, -0.2) is 14.8 Å². The molecule has 0 aliphatic heterocycles. The van der Waals surface area contributed by atoms with Gasteiger partial charge in [-0.2, -0.15) is 5.10 Å². The van der Waals surface area contributed by atoms with Crippen LogP contribution in [0.15, 0.2) is 30.6 Å². The number of hydrogen-bond acceptors (Lipinski definition) is 3. The maximum atomic E-state index is 13.4. The summed E-state index contributed by atoms with van der Waals surface area (Å²) in [5.74, 6) is 0.216. The first-order chi connectivity index (χ1) is 7.20. The molecule has 0 aliphatic rings. The molecule has 2 N–H and O–H groups in total. The lowest BCUT2D eigenvalue weighted by Crippen LogP contribution is -2.18. The maximum absolute atomic E-state index is 13.4. The van der Waals surface area contributed by atoms with Gasteiger partial charge in [-0.05, 0) is 6.07 Å². The second kappa shape index (κ2) is 3.78. The number of halogens is 1. The van der Waals surface area contributed by atoms with Crippen molar-refractivity contribution in [1.82, 2.24) is 14.8 Å². The number of benzene rings is 1. The van der Waals surface area contributed by atoms with Crippen molar-refractivity contribution in [3.8, 4) is 0 Å². The number of aryl methyl sites for hydroxylation is 1. The Balaban J connectivity index is 2.41. The first kappa shape index (κ1) is 9.79. The molecule has 1 aromatic heterocycles. The van der Waals surface area contributed by atoms with Crippen LogP contribution in [0.25, 0.3) is 0 Å². The molecule has 0 saturated carbocycles. The van der Waals surface area contributed by atoms with Crippen LogP contribution in [-0.2, 0) is 7.05 Å². The number of nitrogens with zero attached hydrogens (tertiary/aromatic N) is 3. The summed E-state index contributed by atoms with van der Waals surface area (Å²) in [6.45, 7) is 0. The van der Waals surface area contributed by atoms with Gasteiger partial charge in [0.1, 0.15) is 18.0 Å². The van der Waals surface area contributed by atoms with E-state index in [1.54, 1.807) is 25.2 Å². The Kier molecular flexibility index (Phi) is 2.47. The molecule has 15 heavy (non-hydrogen) atoms. The lowest BCUT2D eigenvalue weighted by atomic mass is 10.1. The number of aromatic nitrogens is 3. The molecule has 1 unspecified atom stereocenters. The highest BCUT2D eigenvalue weighted by Gasteiger charge is 2.16. The zero-order valence-corrected chi connectivity index (χ0v) is 8.26. The lowest BCUT2D eigenvalue weighted by Gasteiger charge is -2.11. The first-order valence-corrected chi connectivity index (χ1v) is 4.54. The van der Waals surface area contributed by atoms with Crippen molar-refractivity contribution in [2.75, 3.05) is 0 Å². The van der Waals surface area contributed by atoms with E-state index in [4.69, 9.17) is 5.73 Å². The predicted octanol–water partition coefficient (Wildman–Crippen LogP) is 1.00. The van der Waals surface area contributed by atoms with Crippen LogP contribution in [0.1, 0.15) is 17.4 Å². The highest BCUT2D eigenvalue weighted by atomic mass is 19.1. The summed E-state index contributed by atoms with van der Waals surface area (Å²) in [6, 6.07) is 5.82. The lowest BCUT2D eigenvalue weighted by molar-refractivity contribution is 0.581. The molecule has 1 atom stereocenters. The van der Waals surface area contributed by atoms with E-state index in [9.17, 15) is 4.39 Å². The Bertz CT molecular complexity index is 466. The van der Waals surface area contributed by atoms with E-state index < -0.39 is 6.04 Å². The van der Waals surface area contributed by atoms with Crippen LogP contribution in [0.4, 0.5) is 4.39 Å². The minimum Gasteiger partial charge on any atom is -0.318 e. The van der Waals surface area contributed by atoms with E-state index in [0.29, 0.717) is 11.4 Å². The van der Waals surface area contributed by atoms with E-state index in [0.717, 1.165) is 0 Å². The number of nitrogens with two attached hydrogens (primary N) is 1. The topological polar surface area (TPSA) is 56.7 Å². The zero-order valence-electron chi connectivity index (χ0n) is 8.26. The van der Waals surface area contributed by atoms with Crippen LogP contribution in [0.5, 0.6) is 0 Å². The summed E-state index contributed by atoms with van der Waals surface area (Å²) in [7, 11) is 1.73. The van der Waals surface area contributed by atoms with Gasteiger partial charge in [-0.15, -0.1) is 0 Å². The highest BCUT2D eigenvalue weighted by Crippen LogP contribution is 2.19. The summed E-state index contributed by atoms with van der Waals surface area (Å²) in [4.78, 5) is 3.99. The van der Waals surface area contributed by atoms with Gasteiger partial charge < -0.3 is 5.73 Å². The fourth-order valence-electron chi connectivity index (χ4n) is 1.45. The fraction of sp³-hybridized carbons (Fsp3) is 0.200. The summed E-state index contributed by atoms with van der Waals surface area (Å²) in [5.41, 5.74) is 6.32. The van der Waals surface area contributed by atoms with Crippen molar-refractivity contribution in [3.63, 3.8) is 0 Å². The Morgan fingerprint density at radius 2 is 2.13 bits per heavy atom. The van der Waals surface area contributed by atoms with Gasteiger partial charge in [0.05, 0.1) is 6.04 Å². The molecule has 78 valence electrons. The predicted molar refractivity (Wildman–Crippen MR) is 53.4 cm³/mol. The molecule has 4 nitrogen and oxygen atoms in total. The van der Waals surface area contributed by atoms with E-state index in [1.807, 2.05) is 0 Å². The minimum absolute atomic E-state index is 0.326. The van der Waals surface area contributed by atoms with Crippen molar-refractivity contribution in [1.29, 1.82) is 0 Å². The second-order valence-corrected chi connectivity index (χ2v) is 3.24. The van der Waals surface area contributed by atoms with Gasteiger partial charge in [0, 0.05) is 12.6 Å². The summed E-state index contributed by atoms with van der Waals surface area (Å²) in [5, 5.41) is 3.90. The van der Waals surface area contributed by atoms with Gasteiger partial charge in [-0.25, -0.2) is 9.37 Å². The Morgan fingerprint density at radius 3 is 2.73 bits per heavy atom. The average Bonchev–Trinajstić information content (AvgIpc) is 2.64. The number of rotatable bonds is 2. The maximum Gasteiger partial charge on any atom is 0.148 e. The van der Waals surface area contributed by atoms with Gasteiger partial charge in [0.15, 0.2) is 0 Å². The van der Waals surface area contributed by atoms with Crippen LogP contribution in [0.3, 0.4) is 0 Å². The first-order valence-electron chi connectivity index (χ1n) is 4.54. The molecule has 5 heteroatoms. The van der Waals surface area contributed by atoms with Crippen LogP contribution in [0, 0.1) is 5.82 Å². The standard InChI is InChI=1S/C10H11FN4/c1-15-10(13-6-14-15)9(12)7-4-2-3-5-8(7)11/h2-6,9H,12H2,1H3.